The lowest BCUT2D eigenvalue weighted by atomic mass is 10.1. The van der Waals surface area contributed by atoms with Crippen molar-refractivity contribution in [3.8, 4) is 34.3 Å². The monoisotopic (exact) mass is 852 g/mol. The van der Waals surface area contributed by atoms with E-state index in [0.717, 1.165) is 22.7 Å². The third kappa shape index (κ3) is 6.53. The summed E-state index contributed by atoms with van der Waals surface area (Å²) in [6.07, 6.45) is 0. The average molecular weight is 853 g/mol. The van der Waals surface area contributed by atoms with Gasteiger partial charge in [0.15, 0.2) is 0 Å². The molecule has 0 spiro atoms. The van der Waals surface area contributed by atoms with Crippen LogP contribution in [0.4, 0.5) is 8.78 Å². The summed E-state index contributed by atoms with van der Waals surface area (Å²) in [5, 5.41) is 0.561. The van der Waals surface area contributed by atoms with E-state index in [9.17, 15) is 19.2 Å². The standard InChI is InChI=1S/C42H34F2N6O8S2/c1-5-57-41(53)35-31(29-27(55-3)13-9-21(43)33(29)59-35)39-47-23-17-19(37(45)51)7-11-25(23)49(39)15-16-50-26-12-8-20(38(46)52)18-24(26)48-40(50)32-30-28(56-4)14-10-22(44)34(30)60-36(32)42(54)58-6-2/h7-14,17-18H,5-6,15-16H2,1-4H3,(H2,45,51)(H2,46,52). The summed E-state index contributed by atoms with van der Waals surface area (Å²) >= 11 is 1.78. The van der Waals surface area contributed by atoms with E-state index in [1.54, 1.807) is 35.1 Å². The molecule has 4 aromatic heterocycles. The summed E-state index contributed by atoms with van der Waals surface area (Å²) in [6.45, 7) is 3.52. The average Bonchev–Trinajstić information content (AvgIpc) is 4.01. The Labute approximate surface area is 346 Å². The molecular weight excluding hydrogens is 819 g/mol. The van der Waals surface area contributed by atoms with Gasteiger partial charge in [-0.3, -0.25) is 9.59 Å². The van der Waals surface area contributed by atoms with Crippen LogP contribution in [0.5, 0.6) is 11.5 Å². The molecule has 0 unspecified atom stereocenters. The van der Waals surface area contributed by atoms with Gasteiger partial charge < -0.3 is 39.5 Å². The van der Waals surface area contributed by atoms with Crippen LogP contribution in [0.2, 0.25) is 0 Å². The Hall–Kier alpha value is -6.92. The minimum atomic E-state index is -0.711. The highest BCUT2D eigenvalue weighted by Crippen LogP contribution is 2.47. The predicted octanol–water partition coefficient (Wildman–Crippen LogP) is 7.70. The SMILES string of the molecule is CCOC(=O)c1sc2c(F)ccc(OC)c2c1-c1nc2cc(C(N)=O)ccc2n1CCn1c(-c2c(C(=O)OCC)sc3c(F)ccc(OC)c23)nc2cc(C(N)=O)ccc21. The third-order valence-electron chi connectivity index (χ3n) is 9.93. The van der Waals surface area contributed by atoms with Crippen molar-refractivity contribution in [2.24, 2.45) is 11.5 Å². The fourth-order valence-corrected chi connectivity index (χ4v) is 9.56. The van der Waals surface area contributed by atoms with Crippen molar-refractivity contribution < 1.29 is 46.9 Å². The second-order valence-electron chi connectivity index (χ2n) is 13.3. The van der Waals surface area contributed by atoms with Crippen LogP contribution >= 0.6 is 22.7 Å². The first kappa shape index (κ1) is 39.9. The summed E-state index contributed by atoms with van der Waals surface area (Å²) in [5.74, 6) is -3.03. The maximum Gasteiger partial charge on any atom is 0.349 e. The lowest BCUT2D eigenvalue weighted by Crippen LogP contribution is -2.13. The molecule has 8 rings (SSSR count). The van der Waals surface area contributed by atoms with Gasteiger partial charge in [0.2, 0.25) is 11.8 Å². The highest BCUT2D eigenvalue weighted by Gasteiger charge is 2.32. The summed E-state index contributed by atoms with van der Waals surface area (Å²) in [6, 6.07) is 14.8. The van der Waals surface area contributed by atoms with E-state index in [0.29, 0.717) is 22.1 Å². The molecular formula is C42H34F2N6O8S2. The minimum absolute atomic E-state index is 0.0399. The van der Waals surface area contributed by atoms with Gasteiger partial charge in [0.1, 0.15) is 44.5 Å². The Morgan fingerprint density at radius 2 is 1.03 bits per heavy atom. The topological polar surface area (TPSA) is 193 Å². The van der Waals surface area contributed by atoms with Crippen LogP contribution < -0.4 is 20.9 Å². The minimum Gasteiger partial charge on any atom is -0.496 e. The number of rotatable bonds is 13. The first-order valence-corrected chi connectivity index (χ1v) is 20.1. The third-order valence-corrected chi connectivity index (χ3v) is 12.3. The highest BCUT2D eigenvalue weighted by molar-refractivity contribution is 7.22. The molecule has 4 aromatic carbocycles. The number of hydrogen-bond acceptors (Lipinski definition) is 12. The van der Waals surface area contributed by atoms with E-state index in [-0.39, 0.29) is 102 Å². The quantitative estimate of drug-likeness (QED) is 0.109. The van der Waals surface area contributed by atoms with Gasteiger partial charge in [-0.2, -0.15) is 0 Å². The molecule has 0 bridgehead atoms. The Bertz CT molecular complexity index is 2890. The molecule has 0 saturated heterocycles. The van der Waals surface area contributed by atoms with Gasteiger partial charge in [-0.15, -0.1) is 22.7 Å². The van der Waals surface area contributed by atoms with Crippen LogP contribution in [0.3, 0.4) is 0 Å². The molecule has 0 aliphatic rings. The lowest BCUT2D eigenvalue weighted by Gasteiger charge is -2.15. The van der Waals surface area contributed by atoms with Crippen LogP contribution in [0.15, 0.2) is 60.7 Å². The Balaban J connectivity index is 1.41. The van der Waals surface area contributed by atoms with E-state index >= 15 is 8.78 Å². The molecule has 4 heterocycles. The second kappa shape index (κ2) is 15.7. The highest BCUT2D eigenvalue weighted by atomic mass is 32.1. The molecule has 0 aliphatic heterocycles. The molecule has 0 radical (unpaired) electrons. The van der Waals surface area contributed by atoms with Gasteiger partial charge in [-0.05, 0) is 74.5 Å². The number of aryl methyl sites for hydroxylation is 2. The number of hydrogen-bond donors (Lipinski definition) is 2. The molecule has 2 amide bonds. The summed E-state index contributed by atoms with van der Waals surface area (Å²) in [4.78, 5) is 62.0. The van der Waals surface area contributed by atoms with Crippen molar-refractivity contribution in [3.63, 3.8) is 0 Å². The fourth-order valence-electron chi connectivity index (χ4n) is 7.33. The second-order valence-corrected chi connectivity index (χ2v) is 15.3. The van der Waals surface area contributed by atoms with Crippen LogP contribution in [-0.2, 0) is 22.6 Å². The fraction of sp³-hybridized carbons (Fsp3) is 0.190. The number of imidazole rings is 2. The zero-order valence-corrected chi connectivity index (χ0v) is 34.0. The van der Waals surface area contributed by atoms with E-state index in [1.807, 2.05) is 0 Å². The molecule has 14 nitrogen and oxygen atoms in total. The smallest absolute Gasteiger partial charge is 0.349 e. The molecule has 8 aromatic rings. The van der Waals surface area contributed by atoms with E-state index in [2.05, 4.69) is 0 Å². The number of aromatic nitrogens is 4. The van der Waals surface area contributed by atoms with Gasteiger partial charge in [-0.1, -0.05) is 0 Å². The summed E-state index contributed by atoms with van der Waals surface area (Å²) in [5.41, 5.74) is 13.8. The Morgan fingerprint density at radius 3 is 1.38 bits per heavy atom. The van der Waals surface area contributed by atoms with Gasteiger partial charge in [-0.25, -0.2) is 28.3 Å². The normalized spacial score (nSPS) is 11.5. The van der Waals surface area contributed by atoms with Crippen molar-refractivity contribution in [1.82, 2.24) is 19.1 Å². The predicted molar refractivity (Wildman–Crippen MR) is 223 cm³/mol. The number of carbonyl (C=O) groups is 4. The number of ether oxygens (including phenoxy) is 4. The molecule has 306 valence electrons. The van der Waals surface area contributed by atoms with Crippen molar-refractivity contribution in [2.75, 3.05) is 27.4 Å². The maximum absolute atomic E-state index is 15.6. The lowest BCUT2D eigenvalue weighted by molar-refractivity contribution is 0.0523. The number of fused-ring (bicyclic) bond motifs is 4. The number of nitrogens with two attached hydrogens (primary N) is 2. The Morgan fingerprint density at radius 1 is 0.633 bits per heavy atom. The summed E-state index contributed by atoms with van der Waals surface area (Å²) < 4.78 is 57.3. The van der Waals surface area contributed by atoms with Crippen molar-refractivity contribution in [2.45, 2.75) is 26.9 Å². The van der Waals surface area contributed by atoms with Crippen LogP contribution in [0.1, 0.15) is 53.9 Å². The Kier molecular flexibility index (Phi) is 10.4. The first-order valence-electron chi connectivity index (χ1n) is 18.4. The molecule has 18 heteroatoms. The number of primary amides is 2. The number of methoxy groups -OCH3 is 2. The molecule has 4 N–H and O–H groups in total. The molecule has 0 aliphatic carbocycles. The number of halogens is 2. The number of carbonyl (C=O) groups excluding carboxylic acids is 4. The first-order chi connectivity index (χ1) is 28.9. The molecule has 0 atom stereocenters. The molecule has 60 heavy (non-hydrogen) atoms. The number of esters is 2. The number of thiophene rings is 2. The largest absolute Gasteiger partial charge is 0.496 e. The van der Waals surface area contributed by atoms with Gasteiger partial charge in [0.05, 0.1) is 70.0 Å². The van der Waals surface area contributed by atoms with Crippen LogP contribution in [0.25, 0.3) is 65.0 Å². The van der Waals surface area contributed by atoms with E-state index < -0.39 is 35.4 Å². The van der Waals surface area contributed by atoms with Gasteiger partial charge >= 0.3 is 11.9 Å². The number of nitrogens with zero attached hydrogens (tertiary/aromatic N) is 4. The maximum atomic E-state index is 15.6. The van der Waals surface area contributed by atoms with E-state index in [4.69, 9.17) is 40.4 Å². The van der Waals surface area contributed by atoms with Gasteiger partial charge in [0.25, 0.3) is 0 Å². The van der Waals surface area contributed by atoms with Crippen molar-refractivity contribution >= 4 is 88.7 Å². The zero-order chi connectivity index (χ0) is 42.6. The summed E-state index contributed by atoms with van der Waals surface area (Å²) in [7, 11) is 2.85. The van der Waals surface area contributed by atoms with Gasteiger partial charge in [0, 0.05) is 35.0 Å². The van der Waals surface area contributed by atoms with Crippen LogP contribution in [0, 0.1) is 11.6 Å². The zero-order valence-electron chi connectivity index (χ0n) is 32.4. The van der Waals surface area contributed by atoms with E-state index in [1.165, 1.54) is 62.8 Å². The molecule has 0 saturated carbocycles. The van der Waals surface area contributed by atoms with Crippen molar-refractivity contribution in [1.29, 1.82) is 0 Å². The number of amides is 2. The van der Waals surface area contributed by atoms with Crippen molar-refractivity contribution in [3.05, 3.63) is 93.2 Å². The van der Waals surface area contributed by atoms with Crippen LogP contribution in [-0.4, -0.2) is 70.3 Å². The number of benzene rings is 4. The molecule has 0 fully saturated rings.